The lowest BCUT2D eigenvalue weighted by Gasteiger charge is -2.05. The van der Waals surface area contributed by atoms with Crippen LogP contribution in [-0.4, -0.2) is 32.6 Å². The average Bonchev–Trinajstić information content (AvgIpc) is 2.84. The number of carboxylic acid groups (broad SMARTS) is 1. The lowest BCUT2D eigenvalue weighted by Crippen LogP contribution is -2.19. The van der Waals surface area contributed by atoms with Gasteiger partial charge in [0.25, 0.3) is 0 Å². The predicted molar refractivity (Wildman–Crippen MR) is 72.8 cm³/mol. The maximum atomic E-state index is 10.6. The smallest absolute Gasteiger partial charge is 0.358 e. The van der Waals surface area contributed by atoms with Gasteiger partial charge in [-0.05, 0) is 17.7 Å². The van der Waals surface area contributed by atoms with Crippen molar-refractivity contribution in [2.75, 3.05) is 6.54 Å². The van der Waals surface area contributed by atoms with Crippen molar-refractivity contribution >= 4 is 21.9 Å². The first-order chi connectivity index (χ1) is 9.15. The predicted octanol–water partition coefficient (Wildman–Crippen LogP) is 1.53. The van der Waals surface area contributed by atoms with Crippen molar-refractivity contribution < 1.29 is 9.90 Å². The van der Waals surface area contributed by atoms with Crippen LogP contribution >= 0.6 is 15.9 Å². The first-order valence-electron chi connectivity index (χ1n) is 5.74. The summed E-state index contributed by atoms with van der Waals surface area (Å²) in [6.07, 6.45) is 1.42. The zero-order chi connectivity index (χ0) is 13.7. The molecule has 0 unspecified atom stereocenters. The molecule has 2 rings (SSSR count). The number of rotatable bonds is 6. The highest BCUT2D eigenvalue weighted by Crippen LogP contribution is 2.11. The highest BCUT2D eigenvalue weighted by Gasteiger charge is 2.07. The van der Waals surface area contributed by atoms with Crippen LogP contribution in [0.25, 0.3) is 0 Å². The summed E-state index contributed by atoms with van der Waals surface area (Å²) >= 11 is 3.42. The number of hydrogen-bond acceptors (Lipinski definition) is 4. The summed E-state index contributed by atoms with van der Waals surface area (Å²) in [4.78, 5) is 10.6. The number of halogens is 1. The Bertz CT molecular complexity index is 570. The van der Waals surface area contributed by atoms with Crippen LogP contribution in [0.2, 0.25) is 0 Å². The van der Waals surface area contributed by atoms with Gasteiger partial charge in [-0.1, -0.05) is 33.3 Å². The van der Waals surface area contributed by atoms with E-state index in [0.29, 0.717) is 13.1 Å². The molecule has 1 aromatic carbocycles. The number of benzene rings is 1. The molecule has 6 nitrogen and oxygen atoms in total. The zero-order valence-electron chi connectivity index (χ0n) is 10.1. The molecule has 19 heavy (non-hydrogen) atoms. The SMILES string of the molecule is O=C(O)c1cn(CCNCc2cccc(Br)c2)nn1. The molecule has 0 amide bonds. The van der Waals surface area contributed by atoms with E-state index in [-0.39, 0.29) is 5.69 Å². The van der Waals surface area contributed by atoms with E-state index in [4.69, 9.17) is 5.11 Å². The van der Waals surface area contributed by atoms with E-state index < -0.39 is 5.97 Å². The highest BCUT2D eigenvalue weighted by atomic mass is 79.9. The molecule has 2 N–H and O–H groups in total. The Labute approximate surface area is 118 Å². The van der Waals surface area contributed by atoms with Crippen LogP contribution in [-0.2, 0) is 13.1 Å². The maximum absolute atomic E-state index is 10.6. The molecule has 0 spiro atoms. The molecule has 0 aliphatic heterocycles. The molecule has 0 aliphatic rings. The van der Waals surface area contributed by atoms with Crippen LogP contribution in [0.4, 0.5) is 0 Å². The van der Waals surface area contributed by atoms with E-state index in [1.54, 1.807) is 0 Å². The fourth-order valence-electron chi connectivity index (χ4n) is 1.58. The van der Waals surface area contributed by atoms with E-state index in [9.17, 15) is 4.79 Å². The number of hydrogen-bond donors (Lipinski definition) is 2. The minimum atomic E-state index is -1.06. The molecule has 0 aliphatic carbocycles. The van der Waals surface area contributed by atoms with Crippen LogP contribution in [0.15, 0.2) is 34.9 Å². The summed E-state index contributed by atoms with van der Waals surface area (Å²) in [5.74, 6) is -1.06. The van der Waals surface area contributed by atoms with Crippen molar-refractivity contribution in [3.8, 4) is 0 Å². The first-order valence-corrected chi connectivity index (χ1v) is 6.53. The van der Waals surface area contributed by atoms with Crippen LogP contribution in [0.5, 0.6) is 0 Å². The van der Waals surface area contributed by atoms with Crippen molar-refractivity contribution in [1.29, 1.82) is 0 Å². The van der Waals surface area contributed by atoms with Crippen LogP contribution in [0.1, 0.15) is 16.1 Å². The van der Waals surface area contributed by atoms with E-state index >= 15 is 0 Å². The first kappa shape index (κ1) is 13.7. The van der Waals surface area contributed by atoms with E-state index in [2.05, 4.69) is 31.6 Å². The van der Waals surface area contributed by atoms with E-state index in [0.717, 1.165) is 11.0 Å². The average molecular weight is 325 g/mol. The van der Waals surface area contributed by atoms with Gasteiger partial charge in [-0.25, -0.2) is 4.79 Å². The molecule has 0 atom stereocenters. The Kier molecular flexibility index (Phi) is 4.64. The second kappa shape index (κ2) is 6.44. The van der Waals surface area contributed by atoms with Gasteiger partial charge in [0.05, 0.1) is 12.7 Å². The van der Waals surface area contributed by atoms with Gasteiger partial charge in [-0.3, -0.25) is 4.68 Å². The van der Waals surface area contributed by atoms with Crippen LogP contribution < -0.4 is 5.32 Å². The van der Waals surface area contributed by atoms with Crippen LogP contribution in [0, 0.1) is 0 Å². The summed E-state index contributed by atoms with van der Waals surface area (Å²) in [7, 11) is 0. The summed E-state index contributed by atoms with van der Waals surface area (Å²) in [5, 5.41) is 19.2. The second-order valence-corrected chi connectivity index (χ2v) is 4.89. The number of nitrogens with one attached hydrogen (secondary N) is 1. The third-order valence-electron chi connectivity index (χ3n) is 2.49. The summed E-state index contributed by atoms with van der Waals surface area (Å²) in [6, 6.07) is 8.05. The minimum Gasteiger partial charge on any atom is -0.476 e. The Morgan fingerprint density at radius 2 is 2.32 bits per heavy atom. The summed E-state index contributed by atoms with van der Waals surface area (Å²) in [5.41, 5.74) is 1.14. The lowest BCUT2D eigenvalue weighted by molar-refractivity contribution is 0.0690. The number of aromatic carboxylic acids is 1. The number of carbonyl (C=O) groups is 1. The maximum Gasteiger partial charge on any atom is 0.358 e. The van der Waals surface area contributed by atoms with Crippen molar-refractivity contribution in [3.63, 3.8) is 0 Å². The molecular formula is C12H13BrN4O2. The lowest BCUT2D eigenvalue weighted by atomic mass is 10.2. The molecule has 0 radical (unpaired) electrons. The van der Waals surface area contributed by atoms with Crippen molar-refractivity contribution in [1.82, 2.24) is 20.3 Å². The Hall–Kier alpha value is -1.73. The van der Waals surface area contributed by atoms with Crippen LogP contribution in [0.3, 0.4) is 0 Å². The monoisotopic (exact) mass is 324 g/mol. The standard InChI is InChI=1S/C12H13BrN4O2/c13-10-3-1-2-9(6-10)7-14-4-5-17-8-11(12(18)19)15-16-17/h1-3,6,8,14H,4-5,7H2,(H,18,19). The summed E-state index contributed by atoms with van der Waals surface area (Å²) in [6.45, 7) is 2.02. The third kappa shape index (κ3) is 4.15. The summed E-state index contributed by atoms with van der Waals surface area (Å²) < 4.78 is 2.56. The molecule has 1 heterocycles. The largest absolute Gasteiger partial charge is 0.476 e. The Balaban J connectivity index is 1.76. The fourth-order valence-corrected chi connectivity index (χ4v) is 2.03. The van der Waals surface area contributed by atoms with Crippen molar-refractivity contribution in [2.24, 2.45) is 0 Å². The van der Waals surface area contributed by atoms with Gasteiger partial charge < -0.3 is 10.4 Å². The van der Waals surface area contributed by atoms with Gasteiger partial charge in [0, 0.05) is 17.6 Å². The Morgan fingerprint density at radius 1 is 1.47 bits per heavy atom. The number of aromatic nitrogens is 3. The van der Waals surface area contributed by atoms with Gasteiger partial charge in [0.15, 0.2) is 5.69 Å². The number of carboxylic acids is 1. The molecule has 0 bridgehead atoms. The van der Waals surface area contributed by atoms with E-state index in [1.165, 1.54) is 16.4 Å². The van der Waals surface area contributed by atoms with Gasteiger partial charge in [-0.2, -0.15) is 0 Å². The quantitative estimate of drug-likeness (QED) is 0.788. The molecule has 2 aromatic rings. The molecule has 1 aromatic heterocycles. The highest BCUT2D eigenvalue weighted by molar-refractivity contribution is 9.10. The molecule has 0 fully saturated rings. The zero-order valence-corrected chi connectivity index (χ0v) is 11.7. The van der Waals surface area contributed by atoms with E-state index in [1.807, 2.05) is 24.3 Å². The van der Waals surface area contributed by atoms with Gasteiger partial charge in [0.2, 0.25) is 0 Å². The van der Waals surface area contributed by atoms with Crippen molar-refractivity contribution in [3.05, 3.63) is 46.2 Å². The van der Waals surface area contributed by atoms with Gasteiger partial charge in [0.1, 0.15) is 0 Å². The molecule has 7 heteroatoms. The fraction of sp³-hybridized carbons (Fsp3) is 0.250. The molecule has 0 saturated carbocycles. The molecule has 100 valence electrons. The normalized spacial score (nSPS) is 10.6. The molecular weight excluding hydrogens is 312 g/mol. The third-order valence-corrected chi connectivity index (χ3v) is 2.99. The minimum absolute atomic E-state index is 0.0352. The van der Waals surface area contributed by atoms with Gasteiger partial charge >= 0.3 is 5.97 Å². The second-order valence-electron chi connectivity index (χ2n) is 3.98. The molecule has 0 saturated heterocycles. The van der Waals surface area contributed by atoms with Gasteiger partial charge in [-0.15, -0.1) is 5.10 Å². The number of nitrogens with zero attached hydrogens (tertiary/aromatic N) is 3. The topological polar surface area (TPSA) is 80.0 Å². The van der Waals surface area contributed by atoms with Crippen molar-refractivity contribution in [2.45, 2.75) is 13.1 Å². The Morgan fingerprint density at radius 3 is 3.00 bits per heavy atom.